The van der Waals surface area contributed by atoms with E-state index in [1.54, 1.807) is 24.1 Å². The van der Waals surface area contributed by atoms with Gasteiger partial charge in [-0.3, -0.25) is 19.8 Å². The number of benzene rings is 4. The van der Waals surface area contributed by atoms with Crippen molar-refractivity contribution >= 4 is 23.6 Å². The number of allylic oxidation sites excluding steroid dienone is 1. The number of aliphatic hydroxyl groups is 3. The van der Waals surface area contributed by atoms with Crippen LogP contribution in [0.3, 0.4) is 0 Å². The number of nitrogens with one attached hydrogen (secondary N) is 4. The first-order chi connectivity index (χ1) is 45.2. The zero-order chi connectivity index (χ0) is 64.3. The van der Waals surface area contributed by atoms with Crippen molar-refractivity contribution in [2.75, 3.05) is 59.0 Å². The van der Waals surface area contributed by atoms with Gasteiger partial charge < -0.3 is 60.1 Å². The number of ether oxygens (including phenoxy) is 5. The molecule has 8 N–H and O–H groups in total. The first-order valence-corrected chi connectivity index (χ1v) is 35.8. The number of carbonyl (C=O) groups excluding carboxylic acids is 2. The van der Waals surface area contributed by atoms with Crippen LogP contribution in [-0.4, -0.2) is 114 Å². The van der Waals surface area contributed by atoms with Crippen LogP contribution in [0.4, 0.5) is 5.69 Å². The van der Waals surface area contributed by atoms with Crippen LogP contribution >= 0.6 is 0 Å². The van der Waals surface area contributed by atoms with Crippen LogP contribution in [0.2, 0.25) is 0 Å². The smallest absolute Gasteiger partial charge is 0.258 e. The van der Waals surface area contributed by atoms with E-state index >= 15 is 0 Å². The highest BCUT2D eigenvalue weighted by Crippen LogP contribution is 2.62. The van der Waals surface area contributed by atoms with E-state index in [1.807, 2.05) is 12.1 Å². The molecule has 0 spiro atoms. The summed E-state index contributed by atoms with van der Waals surface area (Å²) in [6.45, 7) is 8.34. The van der Waals surface area contributed by atoms with Gasteiger partial charge >= 0.3 is 0 Å². The molecule has 5 fully saturated rings. The second kappa shape index (κ2) is 26.5. The molecular weight excluding hydrogens is 1170 g/mol. The zero-order valence-corrected chi connectivity index (χ0v) is 55.6. The number of fused-ring (bicyclic) bond motifs is 6. The molecule has 0 bridgehead atoms. The molecule has 1 saturated heterocycles. The molecule has 16 nitrogen and oxygen atoms in total. The van der Waals surface area contributed by atoms with Crippen molar-refractivity contribution in [2.24, 2.45) is 35.5 Å². The van der Waals surface area contributed by atoms with Crippen LogP contribution in [-0.2, 0) is 27.8 Å². The molecule has 6 aliphatic carbocycles. The highest BCUT2D eigenvalue weighted by atomic mass is 16.5. The number of imide groups is 1. The predicted molar refractivity (Wildman–Crippen MR) is 360 cm³/mol. The van der Waals surface area contributed by atoms with Gasteiger partial charge in [0.2, 0.25) is 5.75 Å². The Bertz CT molecular complexity index is 3520. The van der Waals surface area contributed by atoms with Crippen molar-refractivity contribution in [1.29, 1.82) is 0 Å². The molecule has 2 amide bonds. The number of hydrogen-bond donors (Lipinski definition) is 8. The van der Waals surface area contributed by atoms with Crippen molar-refractivity contribution in [3.05, 3.63) is 105 Å². The molecule has 14 rings (SSSR count). The van der Waals surface area contributed by atoms with Crippen LogP contribution in [0, 0.1) is 35.5 Å². The lowest BCUT2D eigenvalue weighted by molar-refractivity contribution is -0.153. The molecule has 4 aromatic rings. The lowest BCUT2D eigenvalue weighted by Gasteiger charge is -2.60. The van der Waals surface area contributed by atoms with Crippen molar-refractivity contribution < 1.29 is 53.7 Å². The first kappa shape index (κ1) is 64.2. The van der Waals surface area contributed by atoms with Gasteiger partial charge in [0.05, 0.1) is 44.1 Å². The predicted octanol–water partition coefficient (Wildman–Crippen LogP) is 12.4. The van der Waals surface area contributed by atoms with Crippen LogP contribution < -0.4 is 45.0 Å². The Hall–Kier alpha value is -6.14. The van der Waals surface area contributed by atoms with Crippen LogP contribution in [0.1, 0.15) is 206 Å². The Morgan fingerprint density at radius 2 is 1.60 bits per heavy atom. The average molecular weight is 1270 g/mol. The Balaban J connectivity index is 0.795. The van der Waals surface area contributed by atoms with E-state index in [0.717, 1.165) is 128 Å². The maximum atomic E-state index is 14.5. The van der Waals surface area contributed by atoms with Gasteiger partial charge in [0, 0.05) is 106 Å². The Labute approximate surface area is 550 Å². The van der Waals surface area contributed by atoms with Gasteiger partial charge in [-0.15, -0.1) is 0 Å². The lowest BCUT2D eigenvalue weighted by Crippen LogP contribution is -2.65. The molecule has 4 aromatic carbocycles. The second-order valence-electron chi connectivity index (χ2n) is 29.8. The number of phenolic OH excluding ortho intramolecular Hbond substituents is 1. The van der Waals surface area contributed by atoms with Gasteiger partial charge in [-0.2, -0.15) is 0 Å². The van der Waals surface area contributed by atoms with Gasteiger partial charge in [-0.1, -0.05) is 102 Å². The minimum atomic E-state index is -1.10. The Morgan fingerprint density at radius 3 is 2.40 bits per heavy atom. The molecule has 4 heterocycles. The third-order valence-corrected chi connectivity index (χ3v) is 24.3. The van der Waals surface area contributed by atoms with Gasteiger partial charge in [0.1, 0.15) is 23.9 Å². The molecular formula is C77H101N5O11. The molecule has 11 unspecified atom stereocenters. The van der Waals surface area contributed by atoms with Crippen molar-refractivity contribution in [2.45, 2.75) is 209 Å². The fourth-order valence-electron chi connectivity index (χ4n) is 20.0. The summed E-state index contributed by atoms with van der Waals surface area (Å²) >= 11 is 0. The topological polar surface area (TPSA) is 213 Å². The SMILES string of the molecule is CNCC1=CC(=O)N(C2(C3CCCC4(C(CO)COc5cc(C6COc7cc8c9c(c7C6O)CCc6c(OCCNC7CCCCC7)cc(OC7%10CCCC(CCC(C)C)C7CCC(C)N%10)c(c6-9)C(O)N8)cc(OC)c5O)c5ccccc5C=CC34)CCCCC2)C1=O. The third-order valence-electron chi connectivity index (χ3n) is 24.3. The fourth-order valence-corrected chi connectivity index (χ4v) is 20.0. The van der Waals surface area contributed by atoms with Crippen molar-refractivity contribution in [1.82, 2.24) is 20.9 Å². The number of amides is 2. The van der Waals surface area contributed by atoms with Crippen LogP contribution in [0.15, 0.2) is 66.3 Å². The maximum Gasteiger partial charge on any atom is 0.258 e. The summed E-state index contributed by atoms with van der Waals surface area (Å²) < 4.78 is 34.2. The quantitative estimate of drug-likeness (QED) is 0.0288. The van der Waals surface area contributed by atoms with Crippen LogP contribution in [0.5, 0.6) is 34.5 Å². The number of rotatable bonds is 21. The number of anilines is 1. The summed E-state index contributed by atoms with van der Waals surface area (Å²) in [7, 11) is 3.30. The first-order valence-electron chi connectivity index (χ1n) is 35.8. The van der Waals surface area contributed by atoms with E-state index in [4.69, 9.17) is 23.7 Å². The fraction of sp³-hybridized carbons (Fsp3) is 0.610. The summed E-state index contributed by atoms with van der Waals surface area (Å²) in [5, 5.41) is 64.2. The van der Waals surface area contributed by atoms with E-state index < -0.39 is 40.8 Å². The largest absolute Gasteiger partial charge is 0.502 e. The van der Waals surface area contributed by atoms with E-state index in [0.29, 0.717) is 83.6 Å². The number of nitrogens with zero attached hydrogens (tertiary/aromatic N) is 1. The monoisotopic (exact) mass is 1270 g/mol. The third kappa shape index (κ3) is 11.3. The molecule has 11 atom stereocenters. The normalized spacial score (nSPS) is 29.6. The summed E-state index contributed by atoms with van der Waals surface area (Å²) in [4.78, 5) is 30.3. The summed E-state index contributed by atoms with van der Waals surface area (Å²) in [5.74, 6) is 1.72. The minimum Gasteiger partial charge on any atom is -0.502 e. The number of carbonyl (C=O) groups is 2. The van der Waals surface area contributed by atoms with Gasteiger partial charge in [0.15, 0.2) is 23.5 Å². The lowest BCUT2D eigenvalue weighted by atomic mass is 9.47. The summed E-state index contributed by atoms with van der Waals surface area (Å²) in [6.07, 6.45) is 25.5. The molecule has 10 aliphatic rings. The zero-order valence-electron chi connectivity index (χ0n) is 55.6. The molecule has 0 aromatic heterocycles. The molecule has 500 valence electrons. The number of aliphatic hydroxyl groups excluding tert-OH is 3. The summed E-state index contributed by atoms with van der Waals surface area (Å²) in [6, 6.07) is 16.7. The maximum absolute atomic E-state index is 14.5. The van der Waals surface area contributed by atoms with Gasteiger partial charge in [-0.25, -0.2) is 0 Å². The van der Waals surface area contributed by atoms with Crippen molar-refractivity contribution in [3.8, 4) is 45.6 Å². The molecule has 93 heavy (non-hydrogen) atoms. The van der Waals surface area contributed by atoms with E-state index in [2.05, 4.69) is 78.5 Å². The Morgan fingerprint density at radius 1 is 0.817 bits per heavy atom. The number of hydrogen-bond acceptors (Lipinski definition) is 15. The highest BCUT2D eigenvalue weighted by molar-refractivity contribution is 6.17. The van der Waals surface area contributed by atoms with E-state index in [9.17, 15) is 30.0 Å². The van der Waals surface area contributed by atoms with Crippen molar-refractivity contribution in [3.63, 3.8) is 0 Å². The molecule has 4 saturated carbocycles. The van der Waals surface area contributed by atoms with Gasteiger partial charge in [-0.05, 0) is 156 Å². The number of aromatic hydroxyl groups is 1. The van der Waals surface area contributed by atoms with Gasteiger partial charge in [0.25, 0.3) is 11.8 Å². The van der Waals surface area contributed by atoms with E-state index in [1.165, 1.54) is 64.6 Å². The molecule has 16 heteroatoms. The highest BCUT2D eigenvalue weighted by Gasteiger charge is 2.61. The second-order valence-corrected chi connectivity index (χ2v) is 29.8. The average Bonchev–Trinajstić information content (AvgIpc) is 1.25. The molecule has 4 aliphatic heterocycles. The van der Waals surface area contributed by atoms with Crippen LogP contribution in [0.25, 0.3) is 17.2 Å². The number of phenols is 1. The molecule has 0 radical (unpaired) electrons. The minimum absolute atomic E-state index is 0.0258. The number of methoxy groups -OCH3 is 1. The summed E-state index contributed by atoms with van der Waals surface area (Å²) in [5.41, 5.74) is 7.22. The number of likely N-dealkylation sites (N-methyl/N-ethyl adjacent to an activating group) is 1. The Kier molecular flexibility index (Phi) is 18.3. The van der Waals surface area contributed by atoms with E-state index in [-0.39, 0.29) is 66.8 Å². The number of piperidine rings is 1. The standard InChI is InChI=1S/C77H101N5O11/c1-45(2)22-24-48-17-14-33-77(57(48)28-23-46(3)81-77)93-63-40-61(90-35-34-79-52-18-8-6-9-19-52)53-26-27-54-67-60(80-73(87)70(63)69(53)67)39-62-68(54)71(85)55(44-92-62)49-36-64(89-5)72(86)65(37-49)91-43-51(42-83)76-32-15-21-58(59(76)29-25-47-16-10-11-20-56(47)76)75(30-12-7-13-31-75)82-66(84)38-50(41-78-4)74(82)88/h10-11,16,20,25,29,36-40,45-46,48,51-52,55,57-59,71,73,78-81,83,85-87H,6-9,12-15,17-19,21-24,26-28,30-35,41-44H2,1-5H3.